The maximum absolute atomic E-state index is 13.1. The molecule has 0 bridgehead atoms. The lowest BCUT2D eigenvalue weighted by Crippen LogP contribution is -3.08. The molecule has 2 aromatic carbocycles. The molecule has 0 spiro atoms. The third-order valence-corrected chi connectivity index (χ3v) is 5.73. The molecule has 7 heteroatoms. The highest BCUT2D eigenvalue weighted by Crippen LogP contribution is 2.24. The van der Waals surface area contributed by atoms with Crippen LogP contribution >= 0.6 is 11.6 Å². The van der Waals surface area contributed by atoms with Crippen LogP contribution in [-0.4, -0.2) is 29.9 Å². The van der Waals surface area contributed by atoms with E-state index in [1.807, 2.05) is 48.5 Å². The number of benzene rings is 2. The molecule has 154 valence electrons. The Morgan fingerprint density at radius 3 is 2.59 bits per heavy atom. The maximum Gasteiger partial charge on any atom is 0.275 e. The molecule has 2 heterocycles. The predicted octanol–water partition coefficient (Wildman–Crippen LogP) is -0.127. The van der Waals surface area contributed by atoms with E-state index in [2.05, 4.69) is 12.1 Å². The van der Waals surface area contributed by atoms with E-state index in [-0.39, 0.29) is 24.0 Å². The molecule has 5 nitrogen and oxygen atoms in total. The van der Waals surface area contributed by atoms with Gasteiger partial charge in [0.25, 0.3) is 5.56 Å². The summed E-state index contributed by atoms with van der Waals surface area (Å²) in [7, 11) is 2.21. The predicted molar refractivity (Wildman–Crippen MR) is 111 cm³/mol. The summed E-state index contributed by atoms with van der Waals surface area (Å²) in [6.07, 6.45) is 3.02. The van der Waals surface area contributed by atoms with E-state index in [4.69, 9.17) is 16.3 Å². The van der Waals surface area contributed by atoms with Gasteiger partial charge < -0.3 is 22.0 Å². The smallest absolute Gasteiger partial charge is 0.275 e. The van der Waals surface area contributed by atoms with E-state index in [1.54, 1.807) is 4.68 Å². The summed E-state index contributed by atoms with van der Waals surface area (Å²) in [4.78, 5) is 14.6. The van der Waals surface area contributed by atoms with Gasteiger partial charge in [0.1, 0.15) is 6.61 Å². The van der Waals surface area contributed by atoms with E-state index >= 15 is 0 Å². The number of ether oxygens (including phenoxy) is 1. The number of hydrogen-bond acceptors (Lipinski definition) is 3. The van der Waals surface area contributed by atoms with Crippen LogP contribution in [0.2, 0.25) is 5.02 Å². The molecule has 4 rings (SSSR count). The second-order valence-corrected chi connectivity index (χ2v) is 7.99. The van der Waals surface area contributed by atoms with Gasteiger partial charge in [-0.15, -0.1) is 5.10 Å². The van der Waals surface area contributed by atoms with E-state index in [0.29, 0.717) is 22.9 Å². The Hall–Kier alpha value is -2.08. The number of rotatable bonds is 4. The van der Waals surface area contributed by atoms with Crippen LogP contribution in [0.4, 0.5) is 0 Å². The first-order chi connectivity index (χ1) is 13.6. The van der Waals surface area contributed by atoms with Crippen LogP contribution in [0.15, 0.2) is 53.3 Å². The minimum absolute atomic E-state index is 0. The van der Waals surface area contributed by atoms with Crippen molar-refractivity contribution in [3.05, 3.63) is 69.5 Å². The van der Waals surface area contributed by atoms with Crippen molar-refractivity contribution in [3.8, 4) is 5.88 Å². The lowest BCUT2D eigenvalue weighted by molar-refractivity contribution is -0.878. The molecule has 3 aromatic rings. The van der Waals surface area contributed by atoms with Gasteiger partial charge in [0, 0.05) is 11.4 Å². The zero-order valence-electron chi connectivity index (χ0n) is 16.4. The summed E-state index contributed by atoms with van der Waals surface area (Å²) >= 11 is 5.96. The highest BCUT2D eigenvalue weighted by Gasteiger charge is 2.22. The standard InChI is InChI=1S/C22H24ClN3O2.ClH/c1-25-13-4-5-18(12-14-25)26-22(27)20-7-3-2-6-19(20)21(24-26)28-15-16-8-10-17(23)11-9-16;/h2-3,6-11,18H,4-5,12-15H2,1H3;1H. The summed E-state index contributed by atoms with van der Waals surface area (Å²) in [6.45, 7) is 2.56. The van der Waals surface area contributed by atoms with Gasteiger partial charge >= 0.3 is 0 Å². The number of halogens is 2. The second-order valence-electron chi connectivity index (χ2n) is 7.56. The van der Waals surface area contributed by atoms with Crippen LogP contribution in [-0.2, 0) is 6.61 Å². The van der Waals surface area contributed by atoms with Crippen LogP contribution in [0.1, 0.15) is 30.9 Å². The minimum Gasteiger partial charge on any atom is -1.00 e. The molecule has 0 amide bonds. The fourth-order valence-corrected chi connectivity index (χ4v) is 3.96. The van der Waals surface area contributed by atoms with Gasteiger partial charge in [-0.1, -0.05) is 35.9 Å². The quantitative estimate of drug-likeness (QED) is 0.623. The lowest BCUT2D eigenvalue weighted by Gasteiger charge is -2.18. The number of quaternary nitrogens is 1. The summed E-state index contributed by atoms with van der Waals surface area (Å²) in [5.41, 5.74) is 0.978. The zero-order chi connectivity index (χ0) is 19.5. The fourth-order valence-electron chi connectivity index (χ4n) is 3.83. The zero-order valence-corrected chi connectivity index (χ0v) is 17.9. The van der Waals surface area contributed by atoms with Gasteiger partial charge in [0.05, 0.1) is 37.0 Å². The summed E-state index contributed by atoms with van der Waals surface area (Å²) in [5, 5.41) is 6.78. The second kappa shape index (κ2) is 9.61. The molecule has 1 N–H and O–H groups in total. The number of nitrogens with one attached hydrogen (secondary N) is 1. The average molecular weight is 434 g/mol. The van der Waals surface area contributed by atoms with Gasteiger partial charge in [-0.05, 0) is 42.7 Å². The molecular weight excluding hydrogens is 409 g/mol. The minimum atomic E-state index is -0.0287. The molecule has 1 aliphatic heterocycles. The van der Waals surface area contributed by atoms with Crippen LogP contribution in [0.5, 0.6) is 5.88 Å². The summed E-state index contributed by atoms with van der Waals surface area (Å²) in [6, 6.07) is 15.2. The largest absolute Gasteiger partial charge is 1.00 e. The van der Waals surface area contributed by atoms with Gasteiger partial charge in [-0.2, -0.15) is 0 Å². The molecule has 0 radical (unpaired) electrons. The summed E-state index contributed by atoms with van der Waals surface area (Å²) in [5.74, 6) is 0.509. The van der Waals surface area contributed by atoms with Crippen molar-refractivity contribution in [1.82, 2.24) is 9.78 Å². The Morgan fingerprint density at radius 1 is 1.10 bits per heavy atom. The topological polar surface area (TPSA) is 48.6 Å². The number of aromatic nitrogens is 2. The highest BCUT2D eigenvalue weighted by molar-refractivity contribution is 6.30. The Morgan fingerprint density at radius 2 is 1.83 bits per heavy atom. The van der Waals surface area contributed by atoms with Crippen LogP contribution in [0.25, 0.3) is 10.8 Å². The third-order valence-electron chi connectivity index (χ3n) is 5.47. The molecule has 29 heavy (non-hydrogen) atoms. The van der Waals surface area contributed by atoms with Gasteiger partial charge in [0.2, 0.25) is 5.88 Å². The van der Waals surface area contributed by atoms with Crippen molar-refractivity contribution in [1.29, 1.82) is 0 Å². The SMILES string of the molecule is C[NH+]1CCCC(n2nc(OCc3ccc(Cl)cc3)c3ccccc3c2=O)CC1.[Cl-]. The average Bonchev–Trinajstić information content (AvgIpc) is 2.93. The first-order valence-electron chi connectivity index (χ1n) is 9.82. The Labute approximate surface area is 181 Å². The first kappa shape index (κ1) is 21.6. The normalized spacial score (nSPS) is 19.4. The molecule has 2 atom stereocenters. The van der Waals surface area contributed by atoms with Gasteiger partial charge in [-0.25, -0.2) is 4.68 Å². The fraction of sp³-hybridized carbons (Fsp3) is 0.364. The Bertz CT molecular complexity index is 1020. The molecule has 2 unspecified atom stereocenters. The van der Waals surface area contributed by atoms with Crippen LogP contribution < -0.4 is 27.6 Å². The van der Waals surface area contributed by atoms with Crippen molar-refractivity contribution in [3.63, 3.8) is 0 Å². The maximum atomic E-state index is 13.1. The molecular formula is C22H25Cl2N3O2. The Kier molecular flexibility index (Phi) is 7.17. The number of hydrogen-bond donors (Lipinski definition) is 1. The number of likely N-dealkylation sites (tertiary alicyclic amines) is 1. The first-order valence-corrected chi connectivity index (χ1v) is 10.2. The van der Waals surface area contributed by atoms with Gasteiger partial charge in [-0.3, -0.25) is 4.79 Å². The van der Waals surface area contributed by atoms with Crippen molar-refractivity contribution in [2.75, 3.05) is 20.1 Å². The van der Waals surface area contributed by atoms with Gasteiger partial charge in [0.15, 0.2) is 0 Å². The molecule has 1 aromatic heterocycles. The lowest BCUT2D eigenvalue weighted by atomic mass is 10.1. The van der Waals surface area contributed by atoms with Crippen LogP contribution in [0, 0.1) is 0 Å². The van der Waals surface area contributed by atoms with E-state index in [1.165, 1.54) is 4.90 Å². The van der Waals surface area contributed by atoms with Crippen LogP contribution in [0.3, 0.4) is 0 Å². The molecule has 1 fully saturated rings. The van der Waals surface area contributed by atoms with E-state index < -0.39 is 0 Å². The van der Waals surface area contributed by atoms with Crippen molar-refractivity contribution in [2.45, 2.75) is 31.9 Å². The van der Waals surface area contributed by atoms with Crippen molar-refractivity contribution < 1.29 is 22.0 Å². The molecule has 0 saturated carbocycles. The number of nitrogens with zero attached hydrogens (tertiary/aromatic N) is 2. The summed E-state index contributed by atoms with van der Waals surface area (Å²) < 4.78 is 7.73. The van der Waals surface area contributed by atoms with E-state index in [0.717, 1.165) is 43.3 Å². The monoisotopic (exact) mass is 433 g/mol. The number of fused-ring (bicyclic) bond motifs is 1. The highest BCUT2D eigenvalue weighted by atomic mass is 35.5. The third kappa shape index (κ3) is 4.92. The Balaban J connectivity index is 0.00000240. The molecule has 1 aliphatic rings. The van der Waals surface area contributed by atoms with Crippen molar-refractivity contribution >= 4 is 22.4 Å². The molecule has 0 aliphatic carbocycles. The van der Waals surface area contributed by atoms with E-state index in [9.17, 15) is 4.79 Å². The molecule has 1 saturated heterocycles. The van der Waals surface area contributed by atoms with Crippen molar-refractivity contribution in [2.24, 2.45) is 0 Å².